The van der Waals surface area contributed by atoms with Crippen molar-refractivity contribution in [1.29, 1.82) is 5.26 Å². The van der Waals surface area contributed by atoms with Gasteiger partial charge in [-0.3, -0.25) is 4.98 Å². The Kier molecular flexibility index (Phi) is 3.20. The van der Waals surface area contributed by atoms with E-state index < -0.39 is 0 Å². The molecule has 2 rings (SSSR count). The SMILES string of the molecule is Cc1ncccc1Nc1nnc(C)c(C)c1C#N. The van der Waals surface area contributed by atoms with E-state index in [1.165, 1.54) is 0 Å². The molecule has 0 fully saturated rings. The van der Waals surface area contributed by atoms with E-state index in [2.05, 4.69) is 26.6 Å². The second-order valence-corrected chi connectivity index (χ2v) is 4.01. The van der Waals surface area contributed by atoms with E-state index in [4.69, 9.17) is 0 Å². The molecule has 0 radical (unpaired) electrons. The number of aryl methyl sites for hydroxylation is 2. The molecule has 5 nitrogen and oxygen atoms in total. The van der Waals surface area contributed by atoms with Crippen molar-refractivity contribution in [2.75, 3.05) is 5.32 Å². The van der Waals surface area contributed by atoms with E-state index >= 15 is 0 Å². The van der Waals surface area contributed by atoms with Crippen molar-refractivity contribution in [3.63, 3.8) is 0 Å². The van der Waals surface area contributed by atoms with Crippen LogP contribution in [0.15, 0.2) is 18.3 Å². The van der Waals surface area contributed by atoms with Crippen molar-refractivity contribution < 1.29 is 0 Å². The highest BCUT2D eigenvalue weighted by atomic mass is 15.2. The molecule has 0 bridgehead atoms. The predicted octanol–water partition coefficient (Wildman–Crippen LogP) is 2.41. The topological polar surface area (TPSA) is 74.5 Å². The van der Waals surface area contributed by atoms with Crippen LogP contribution in [-0.2, 0) is 0 Å². The highest BCUT2D eigenvalue weighted by Crippen LogP contribution is 2.22. The fourth-order valence-corrected chi connectivity index (χ4v) is 1.58. The molecule has 0 amide bonds. The Morgan fingerprint density at radius 2 is 1.94 bits per heavy atom. The third-order valence-electron chi connectivity index (χ3n) is 2.83. The number of hydrogen-bond acceptors (Lipinski definition) is 5. The zero-order chi connectivity index (χ0) is 13.1. The van der Waals surface area contributed by atoms with Crippen LogP contribution in [0.3, 0.4) is 0 Å². The van der Waals surface area contributed by atoms with E-state index in [-0.39, 0.29) is 0 Å². The maximum Gasteiger partial charge on any atom is 0.171 e. The lowest BCUT2D eigenvalue weighted by Gasteiger charge is -2.10. The minimum atomic E-state index is 0.469. The molecule has 0 aliphatic rings. The number of nitrogens with zero attached hydrogens (tertiary/aromatic N) is 4. The largest absolute Gasteiger partial charge is 0.336 e. The molecule has 1 N–H and O–H groups in total. The average Bonchev–Trinajstić information content (AvgIpc) is 2.37. The van der Waals surface area contributed by atoms with Gasteiger partial charge in [0.25, 0.3) is 0 Å². The third-order valence-corrected chi connectivity index (χ3v) is 2.83. The van der Waals surface area contributed by atoms with Crippen LogP contribution < -0.4 is 5.32 Å². The lowest BCUT2D eigenvalue weighted by molar-refractivity contribution is 0.959. The Labute approximate surface area is 106 Å². The summed E-state index contributed by atoms with van der Waals surface area (Å²) in [6.07, 6.45) is 1.72. The van der Waals surface area contributed by atoms with Gasteiger partial charge in [-0.25, -0.2) is 0 Å². The van der Waals surface area contributed by atoms with Crippen molar-refractivity contribution >= 4 is 11.5 Å². The quantitative estimate of drug-likeness (QED) is 0.871. The monoisotopic (exact) mass is 239 g/mol. The maximum atomic E-state index is 9.20. The number of nitriles is 1. The molecule has 0 atom stereocenters. The van der Waals surface area contributed by atoms with Gasteiger partial charge in [0.2, 0.25) is 0 Å². The van der Waals surface area contributed by atoms with E-state index in [9.17, 15) is 5.26 Å². The standard InChI is InChI=1S/C13H13N5/c1-8-9(2)17-18-13(11(8)7-14)16-12-5-4-6-15-10(12)3/h4-6H,1-3H3,(H,16,18). The zero-order valence-electron chi connectivity index (χ0n) is 10.5. The molecule has 0 unspecified atom stereocenters. The first kappa shape index (κ1) is 12.0. The third kappa shape index (κ3) is 2.13. The summed E-state index contributed by atoms with van der Waals surface area (Å²) in [4.78, 5) is 4.18. The first-order valence-corrected chi connectivity index (χ1v) is 5.56. The van der Waals surface area contributed by atoms with Crippen LogP contribution in [0.5, 0.6) is 0 Å². The molecule has 18 heavy (non-hydrogen) atoms. The van der Waals surface area contributed by atoms with Gasteiger partial charge in [0.15, 0.2) is 5.82 Å². The van der Waals surface area contributed by atoms with Crippen LogP contribution in [0, 0.1) is 32.1 Å². The van der Waals surface area contributed by atoms with Gasteiger partial charge in [0.1, 0.15) is 11.6 Å². The molecule has 0 spiro atoms. The molecule has 0 aliphatic heterocycles. The lowest BCUT2D eigenvalue weighted by atomic mass is 10.1. The van der Waals surface area contributed by atoms with Crippen LogP contribution in [0.25, 0.3) is 0 Å². The number of hydrogen-bond donors (Lipinski definition) is 1. The lowest BCUT2D eigenvalue weighted by Crippen LogP contribution is -2.04. The summed E-state index contributed by atoms with van der Waals surface area (Å²) in [6, 6.07) is 5.88. The van der Waals surface area contributed by atoms with Gasteiger partial charge in [0, 0.05) is 6.20 Å². The fourth-order valence-electron chi connectivity index (χ4n) is 1.58. The molecule has 0 saturated heterocycles. The smallest absolute Gasteiger partial charge is 0.171 e. The van der Waals surface area contributed by atoms with Crippen LogP contribution >= 0.6 is 0 Å². The summed E-state index contributed by atoms with van der Waals surface area (Å²) in [5, 5.41) is 20.4. The Morgan fingerprint density at radius 1 is 1.17 bits per heavy atom. The maximum absolute atomic E-state index is 9.20. The molecular weight excluding hydrogens is 226 g/mol. The van der Waals surface area contributed by atoms with Crippen LogP contribution in [-0.4, -0.2) is 15.2 Å². The molecule has 0 aliphatic carbocycles. The van der Waals surface area contributed by atoms with E-state index in [0.717, 1.165) is 22.6 Å². The highest BCUT2D eigenvalue weighted by molar-refractivity contribution is 5.65. The van der Waals surface area contributed by atoms with Gasteiger partial charge >= 0.3 is 0 Å². The summed E-state index contributed by atoms with van der Waals surface area (Å²) in [6.45, 7) is 5.59. The van der Waals surface area contributed by atoms with Gasteiger partial charge in [-0.1, -0.05) is 0 Å². The molecule has 90 valence electrons. The molecular formula is C13H13N5. The summed E-state index contributed by atoms with van der Waals surface area (Å²) >= 11 is 0. The Bertz CT molecular complexity index is 628. The summed E-state index contributed by atoms with van der Waals surface area (Å²) in [5.41, 5.74) is 3.80. The van der Waals surface area contributed by atoms with Gasteiger partial charge in [-0.15, -0.1) is 5.10 Å². The van der Waals surface area contributed by atoms with E-state index in [1.54, 1.807) is 6.20 Å². The number of pyridine rings is 1. The average molecular weight is 239 g/mol. The van der Waals surface area contributed by atoms with Crippen molar-refractivity contribution in [2.45, 2.75) is 20.8 Å². The Morgan fingerprint density at radius 3 is 2.61 bits per heavy atom. The van der Waals surface area contributed by atoms with Gasteiger partial charge in [-0.05, 0) is 38.5 Å². The second-order valence-electron chi connectivity index (χ2n) is 4.01. The van der Waals surface area contributed by atoms with Crippen molar-refractivity contribution in [2.24, 2.45) is 0 Å². The number of nitrogens with one attached hydrogen (secondary N) is 1. The zero-order valence-corrected chi connectivity index (χ0v) is 10.5. The van der Waals surface area contributed by atoms with Crippen LogP contribution in [0.2, 0.25) is 0 Å². The molecule has 2 aromatic rings. The minimum absolute atomic E-state index is 0.469. The number of aromatic nitrogens is 3. The van der Waals surface area contributed by atoms with E-state index in [1.807, 2.05) is 32.9 Å². The van der Waals surface area contributed by atoms with Gasteiger partial charge in [0.05, 0.1) is 17.1 Å². The first-order chi connectivity index (χ1) is 8.63. The van der Waals surface area contributed by atoms with Crippen LogP contribution in [0.4, 0.5) is 11.5 Å². The van der Waals surface area contributed by atoms with Gasteiger partial charge in [-0.2, -0.15) is 10.4 Å². The van der Waals surface area contributed by atoms with Crippen molar-refractivity contribution in [1.82, 2.24) is 15.2 Å². The molecule has 0 saturated carbocycles. The number of rotatable bonds is 2. The highest BCUT2D eigenvalue weighted by Gasteiger charge is 2.11. The molecule has 2 aromatic heterocycles. The van der Waals surface area contributed by atoms with Crippen LogP contribution in [0.1, 0.15) is 22.5 Å². The van der Waals surface area contributed by atoms with Crippen molar-refractivity contribution in [3.05, 3.63) is 40.8 Å². The fraction of sp³-hybridized carbons (Fsp3) is 0.231. The molecule has 0 aromatic carbocycles. The van der Waals surface area contributed by atoms with Gasteiger partial charge < -0.3 is 5.32 Å². The number of anilines is 2. The first-order valence-electron chi connectivity index (χ1n) is 5.56. The Hall–Kier alpha value is -2.48. The van der Waals surface area contributed by atoms with E-state index in [0.29, 0.717) is 11.4 Å². The summed E-state index contributed by atoms with van der Waals surface area (Å²) in [5.74, 6) is 0.469. The van der Waals surface area contributed by atoms with Crippen molar-refractivity contribution in [3.8, 4) is 6.07 Å². The summed E-state index contributed by atoms with van der Waals surface area (Å²) < 4.78 is 0. The predicted molar refractivity (Wildman–Crippen MR) is 68.5 cm³/mol. The minimum Gasteiger partial charge on any atom is -0.336 e. The second kappa shape index (κ2) is 4.80. The Balaban J connectivity index is 2.45. The normalized spacial score (nSPS) is 9.89. The molecule has 5 heteroatoms. The summed E-state index contributed by atoms with van der Waals surface area (Å²) in [7, 11) is 0. The molecule has 2 heterocycles.